The van der Waals surface area contributed by atoms with Gasteiger partial charge in [-0.25, -0.2) is 0 Å². The van der Waals surface area contributed by atoms with Crippen molar-refractivity contribution in [1.82, 2.24) is 10.2 Å². The summed E-state index contributed by atoms with van der Waals surface area (Å²) in [6.07, 6.45) is 0. The molecular formula is C17H13ClN2O2S. The number of carbonyl (C=O) groups excluding carboxylic acids is 1. The maximum absolute atomic E-state index is 12.4. The summed E-state index contributed by atoms with van der Waals surface area (Å²) in [5.74, 6) is 0.410. The molecule has 0 spiro atoms. The van der Waals surface area contributed by atoms with Crippen molar-refractivity contribution < 1.29 is 9.21 Å². The fraction of sp³-hybridized carbons (Fsp3) is 0.118. The van der Waals surface area contributed by atoms with Crippen LogP contribution < -0.4 is 0 Å². The highest BCUT2D eigenvalue weighted by atomic mass is 35.5. The van der Waals surface area contributed by atoms with E-state index >= 15 is 0 Å². The van der Waals surface area contributed by atoms with Crippen LogP contribution in [-0.4, -0.2) is 21.2 Å². The molecule has 1 atom stereocenters. The number of rotatable bonds is 5. The highest BCUT2D eigenvalue weighted by Crippen LogP contribution is 2.28. The molecule has 0 aliphatic carbocycles. The van der Waals surface area contributed by atoms with Gasteiger partial charge in [0.25, 0.3) is 5.22 Å². The zero-order valence-electron chi connectivity index (χ0n) is 12.3. The summed E-state index contributed by atoms with van der Waals surface area (Å²) < 4.78 is 5.61. The standard InChI is InChI=1S/C17H13ClN2O2S/c1-11(15(21)13-8-5-9-14(18)10-13)23-17-20-19-16(22-17)12-6-3-2-4-7-12/h2-11H,1H3. The third-order valence-electron chi connectivity index (χ3n) is 3.18. The van der Waals surface area contributed by atoms with Gasteiger partial charge in [0.2, 0.25) is 5.89 Å². The monoisotopic (exact) mass is 344 g/mol. The van der Waals surface area contributed by atoms with Crippen LogP contribution in [0.5, 0.6) is 0 Å². The molecule has 23 heavy (non-hydrogen) atoms. The molecule has 1 unspecified atom stereocenters. The van der Waals surface area contributed by atoms with E-state index in [2.05, 4.69) is 10.2 Å². The predicted octanol–water partition coefficient (Wildman–Crippen LogP) is 4.75. The van der Waals surface area contributed by atoms with Crippen LogP contribution in [0, 0.1) is 0 Å². The van der Waals surface area contributed by atoms with Gasteiger partial charge >= 0.3 is 0 Å². The maximum atomic E-state index is 12.4. The van der Waals surface area contributed by atoms with Crippen molar-refractivity contribution in [2.45, 2.75) is 17.4 Å². The summed E-state index contributed by atoms with van der Waals surface area (Å²) in [7, 11) is 0. The van der Waals surface area contributed by atoms with Gasteiger partial charge in [-0.05, 0) is 31.2 Å². The van der Waals surface area contributed by atoms with E-state index < -0.39 is 0 Å². The molecule has 6 heteroatoms. The number of nitrogens with zero attached hydrogens (tertiary/aromatic N) is 2. The largest absolute Gasteiger partial charge is 0.411 e. The molecule has 3 aromatic rings. The molecule has 0 aliphatic rings. The van der Waals surface area contributed by atoms with E-state index in [-0.39, 0.29) is 11.0 Å². The summed E-state index contributed by atoms with van der Waals surface area (Å²) in [6, 6.07) is 16.4. The van der Waals surface area contributed by atoms with Crippen molar-refractivity contribution in [3.05, 3.63) is 65.2 Å². The van der Waals surface area contributed by atoms with Crippen LogP contribution in [-0.2, 0) is 0 Å². The van der Waals surface area contributed by atoms with E-state index in [1.807, 2.05) is 30.3 Å². The highest BCUT2D eigenvalue weighted by molar-refractivity contribution is 8.00. The smallest absolute Gasteiger partial charge is 0.277 e. The first-order chi connectivity index (χ1) is 11.1. The molecule has 0 fully saturated rings. The van der Waals surface area contributed by atoms with Gasteiger partial charge in [-0.2, -0.15) is 0 Å². The van der Waals surface area contributed by atoms with Gasteiger partial charge in [0.1, 0.15) is 0 Å². The minimum absolute atomic E-state index is 0.0306. The van der Waals surface area contributed by atoms with E-state index in [0.717, 1.165) is 5.56 Å². The number of halogens is 1. The summed E-state index contributed by atoms with van der Waals surface area (Å²) in [4.78, 5) is 12.4. The van der Waals surface area contributed by atoms with Crippen molar-refractivity contribution in [3.63, 3.8) is 0 Å². The molecule has 1 aromatic heterocycles. The van der Waals surface area contributed by atoms with Crippen molar-refractivity contribution in [1.29, 1.82) is 0 Å². The molecule has 0 radical (unpaired) electrons. The first kappa shape index (κ1) is 15.8. The average molecular weight is 345 g/mol. The van der Waals surface area contributed by atoms with Gasteiger partial charge < -0.3 is 4.42 Å². The van der Waals surface area contributed by atoms with Crippen molar-refractivity contribution in [2.75, 3.05) is 0 Å². The molecule has 0 N–H and O–H groups in total. The first-order valence-electron chi connectivity index (χ1n) is 6.99. The summed E-state index contributed by atoms with van der Waals surface area (Å²) >= 11 is 7.16. The lowest BCUT2D eigenvalue weighted by atomic mass is 10.1. The lowest BCUT2D eigenvalue weighted by Crippen LogP contribution is -2.13. The van der Waals surface area contributed by atoms with Crippen LogP contribution in [0.1, 0.15) is 17.3 Å². The molecule has 0 aliphatic heterocycles. The summed E-state index contributed by atoms with van der Waals surface area (Å²) in [6.45, 7) is 1.81. The molecule has 0 amide bonds. The Kier molecular flexibility index (Phi) is 4.79. The van der Waals surface area contributed by atoms with Gasteiger partial charge in [-0.15, -0.1) is 10.2 Å². The van der Waals surface area contributed by atoms with Gasteiger partial charge in [-0.1, -0.05) is 53.7 Å². The third-order valence-corrected chi connectivity index (χ3v) is 4.35. The van der Waals surface area contributed by atoms with Crippen LogP contribution in [0.4, 0.5) is 0 Å². The van der Waals surface area contributed by atoms with Crippen LogP contribution in [0.3, 0.4) is 0 Å². The molecular weight excluding hydrogens is 332 g/mol. The number of hydrogen-bond donors (Lipinski definition) is 0. The number of aromatic nitrogens is 2. The number of carbonyl (C=O) groups is 1. The molecule has 0 saturated heterocycles. The fourth-order valence-corrected chi connectivity index (χ4v) is 2.99. The normalized spacial score (nSPS) is 12.1. The predicted molar refractivity (Wildman–Crippen MR) is 90.8 cm³/mol. The average Bonchev–Trinajstić information content (AvgIpc) is 3.03. The SMILES string of the molecule is CC(Sc1nnc(-c2ccccc2)o1)C(=O)c1cccc(Cl)c1. The second-order valence-electron chi connectivity index (χ2n) is 4.87. The van der Waals surface area contributed by atoms with E-state index in [9.17, 15) is 4.79 Å². The number of Topliss-reactive ketones (excluding diaryl/α,β-unsaturated/α-hetero) is 1. The molecule has 0 saturated carbocycles. The Morgan fingerprint density at radius 3 is 2.65 bits per heavy atom. The van der Waals surface area contributed by atoms with Crippen molar-refractivity contribution in [2.24, 2.45) is 0 Å². The summed E-state index contributed by atoms with van der Waals surface area (Å²) in [5, 5.41) is 8.57. The Morgan fingerprint density at radius 1 is 1.13 bits per heavy atom. The Balaban J connectivity index is 1.72. The second kappa shape index (κ2) is 6.98. The number of ketones is 1. The fourth-order valence-electron chi connectivity index (χ4n) is 2.04. The quantitative estimate of drug-likeness (QED) is 0.493. The Bertz CT molecular complexity index is 820. The lowest BCUT2D eigenvalue weighted by Gasteiger charge is -2.07. The Hall–Kier alpha value is -2.11. The Labute approximate surface area is 142 Å². The van der Waals surface area contributed by atoms with Gasteiger partial charge in [-0.3, -0.25) is 4.79 Å². The minimum atomic E-state index is -0.349. The molecule has 1 heterocycles. The van der Waals surface area contributed by atoms with Crippen LogP contribution in [0.25, 0.3) is 11.5 Å². The van der Waals surface area contributed by atoms with E-state index in [1.165, 1.54) is 11.8 Å². The van der Waals surface area contributed by atoms with Gasteiger partial charge in [0.15, 0.2) is 5.78 Å². The first-order valence-corrected chi connectivity index (χ1v) is 8.24. The topological polar surface area (TPSA) is 56.0 Å². The van der Waals surface area contributed by atoms with Gasteiger partial charge in [0.05, 0.1) is 5.25 Å². The lowest BCUT2D eigenvalue weighted by molar-refractivity contribution is 0.0993. The second-order valence-corrected chi connectivity index (χ2v) is 6.60. The maximum Gasteiger partial charge on any atom is 0.277 e. The molecule has 2 aromatic carbocycles. The highest BCUT2D eigenvalue weighted by Gasteiger charge is 2.20. The van der Waals surface area contributed by atoms with Gasteiger partial charge in [0, 0.05) is 16.1 Å². The zero-order chi connectivity index (χ0) is 16.2. The molecule has 116 valence electrons. The van der Waals surface area contributed by atoms with E-state index in [0.29, 0.717) is 21.7 Å². The third kappa shape index (κ3) is 3.81. The van der Waals surface area contributed by atoms with E-state index in [1.54, 1.807) is 31.2 Å². The van der Waals surface area contributed by atoms with E-state index in [4.69, 9.17) is 16.0 Å². The Morgan fingerprint density at radius 2 is 1.91 bits per heavy atom. The molecule has 3 rings (SSSR count). The summed E-state index contributed by atoms with van der Waals surface area (Å²) in [5.41, 5.74) is 1.42. The number of thioether (sulfide) groups is 1. The zero-order valence-corrected chi connectivity index (χ0v) is 13.8. The van der Waals surface area contributed by atoms with Crippen LogP contribution in [0.2, 0.25) is 5.02 Å². The van der Waals surface area contributed by atoms with Crippen LogP contribution >= 0.6 is 23.4 Å². The molecule has 0 bridgehead atoms. The number of hydrogen-bond acceptors (Lipinski definition) is 5. The van der Waals surface area contributed by atoms with Crippen molar-refractivity contribution >= 4 is 29.1 Å². The molecule has 4 nitrogen and oxygen atoms in total. The van der Waals surface area contributed by atoms with Crippen molar-refractivity contribution in [3.8, 4) is 11.5 Å². The van der Waals surface area contributed by atoms with Crippen LogP contribution in [0.15, 0.2) is 64.2 Å². The minimum Gasteiger partial charge on any atom is -0.411 e. The number of benzene rings is 2.